The van der Waals surface area contributed by atoms with Crippen LogP contribution in [0.3, 0.4) is 0 Å². The van der Waals surface area contributed by atoms with Gasteiger partial charge in [0.15, 0.2) is 0 Å². The molecular weight excluding hydrogens is 230 g/mol. The van der Waals surface area contributed by atoms with Gasteiger partial charge in [-0.25, -0.2) is 0 Å². The van der Waals surface area contributed by atoms with E-state index in [0.29, 0.717) is 6.54 Å². The van der Waals surface area contributed by atoms with E-state index in [1.54, 1.807) is 6.92 Å². The Hall–Kier alpha value is -1.59. The van der Waals surface area contributed by atoms with Crippen LogP contribution in [-0.4, -0.2) is 36.8 Å². The van der Waals surface area contributed by atoms with Gasteiger partial charge < -0.3 is 21.1 Å². The summed E-state index contributed by atoms with van der Waals surface area (Å²) in [5, 5.41) is 11.7. The minimum atomic E-state index is -0.522. The quantitative estimate of drug-likeness (QED) is 0.698. The van der Waals surface area contributed by atoms with Crippen LogP contribution in [0.25, 0.3) is 0 Å². The topological polar surface area (TPSA) is 78.6 Å². The second-order valence-electron chi connectivity index (χ2n) is 4.13. The van der Waals surface area contributed by atoms with Crippen molar-refractivity contribution in [3.05, 3.63) is 24.3 Å². The van der Waals surface area contributed by atoms with E-state index in [9.17, 15) is 4.79 Å². The predicted octanol–water partition coefficient (Wildman–Crippen LogP) is 0.791. The van der Waals surface area contributed by atoms with E-state index < -0.39 is 6.04 Å². The predicted molar refractivity (Wildman–Crippen MR) is 73.7 cm³/mol. The molecule has 5 nitrogen and oxygen atoms in total. The highest BCUT2D eigenvalue weighted by Gasteiger charge is 2.08. The van der Waals surface area contributed by atoms with Gasteiger partial charge in [0.2, 0.25) is 5.91 Å². The number of hydrogen-bond donors (Lipinski definition) is 3. The lowest BCUT2D eigenvalue weighted by atomic mass is 10.2. The van der Waals surface area contributed by atoms with Gasteiger partial charge in [-0.15, -0.1) is 0 Å². The SMILES string of the molecule is CCN(CCO)c1ccc(NC(=O)C(C)N)cc1. The van der Waals surface area contributed by atoms with Crippen molar-refractivity contribution in [2.45, 2.75) is 19.9 Å². The molecule has 5 heteroatoms. The zero-order valence-corrected chi connectivity index (χ0v) is 10.9. The summed E-state index contributed by atoms with van der Waals surface area (Å²) >= 11 is 0. The molecule has 0 bridgehead atoms. The molecule has 0 saturated heterocycles. The van der Waals surface area contributed by atoms with Gasteiger partial charge in [0.05, 0.1) is 12.6 Å². The second kappa shape index (κ2) is 6.98. The van der Waals surface area contributed by atoms with E-state index in [-0.39, 0.29) is 12.5 Å². The van der Waals surface area contributed by atoms with Crippen LogP contribution in [0.4, 0.5) is 11.4 Å². The van der Waals surface area contributed by atoms with Crippen LogP contribution in [-0.2, 0) is 4.79 Å². The molecule has 1 aromatic carbocycles. The molecule has 4 N–H and O–H groups in total. The van der Waals surface area contributed by atoms with E-state index in [1.165, 1.54) is 0 Å². The third-order valence-corrected chi connectivity index (χ3v) is 2.67. The van der Waals surface area contributed by atoms with Gasteiger partial charge in [-0.05, 0) is 38.1 Å². The van der Waals surface area contributed by atoms with Crippen molar-refractivity contribution < 1.29 is 9.90 Å². The minimum absolute atomic E-state index is 0.122. The molecule has 0 aliphatic carbocycles. The number of likely N-dealkylation sites (N-methyl/N-ethyl adjacent to an activating group) is 1. The Kier molecular flexibility index (Phi) is 5.61. The van der Waals surface area contributed by atoms with E-state index >= 15 is 0 Å². The molecule has 0 aromatic heterocycles. The largest absolute Gasteiger partial charge is 0.395 e. The Morgan fingerprint density at radius 3 is 2.50 bits per heavy atom. The smallest absolute Gasteiger partial charge is 0.240 e. The number of aliphatic hydroxyl groups is 1. The van der Waals surface area contributed by atoms with Crippen molar-refractivity contribution in [1.29, 1.82) is 0 Å². The molecule has 100 valence electrons. The third kappa shape index (κ3) is 4.01. The highest BCUT2D eigenvalue weighted by molar-refractivity contribution is 5.94. The number of benzene rings is 1. The molecule has 1 aromatic rings. The van der Waals surface area contributed by atoms with Gasteiger partial charge in [-0.2, -0.15) is 0 Å². The molecule has 1 atom stereocenters. The molecule has 0 saturated carbocycles. The molecule has 0 aliphatic rings. The number of rotatable bonds is 6. The maximum Gasteiger partial charge on any atom is 0.240 e. The first-order chi connectivity index (χ1) is 8.58. The monoisotopic (exact) mass is 251 g/mol. The number of carbonyl (C=O) groups excluding carboxylic acids is 1. The Morgan fingerprint density at radius 2 is 2.06 bits per heavy atom. The number of hydrogen-bond acceptors (Lipinski definition) is 4. The fourth-order valence-electron chi connectivity index (χ4n) is 1.60. The summed E-state index contributed by atoms with van der Waals surface area (Å²) in [4.78, 5) is 13.5. The number of amides is 1. The van der Waals surface area contributed by atoms with Gasteiger partial charge in [0.1, 0.15) is 0 Å². The summed E-state index contributed by atoms with van der Waals surface area (Å²) in [5.41, 5.74) is 7.22. The van der Waals surface area contributed by atoms with Gasteiger partial charge in [-0.3, -0.25) is 4.79 Å². The first kappa shape index (κ1) is 14.5. The summed E-state index contributed by atoms with van der Waals surface area (Å²) < 4.78 is 0. The molecule has 1 rings (SSSR count). The molecule has 0 radical (unpaired) electrons. The van der Waals surface area contributed by atoms with E-state index in [2.05, 4.69) is 10.2 Å². The van der Waals surface area contributed by atoms with Gasteiger partial charge in [0, 0.05) is 24.5 Å². The average molecular weight is 251 g/mol. The Morgan fingerprint density at radius 1 is 1.44 bits per heavy atom. The fourth-order valence-corrected chi connectivity index (χ4v) is 1.60. The van der Waals surface area contributed by atoms with E-state index in [1.807, 2.05) is 31.2 Å². The van der Waals surface area contributed by atoms with Crippen molar-refractivity contribution in [3.8, 4) is 0 Å². The molecule has 18 heavy (non-hydrogen) atoms. The van der Waals surface area contributed by atoms with Crippen molar-refractivity contribution in [2.75, 3.05) is 29.9 Å². The van der Waals surface area contributed by atoms with Crippen LogP contribution in [0.15, 0.2) is 24.3 Å². The zero-order valence-electron chi connectivity index (χ0n) is 10.9. The van der Waals surface area contributed by atoms with Crippen molar-refractivity contribution in [2.24, 2.45) is 5.73 Å². The number of nitrogens with one attached hydrogen (secondary N) is 1. The molecule has 0 aliphatic heterocycles. The molecule has 0 heterocycles. The van der Waals surface area contributed by atoms with Crippen LogP contribution < -0.4 is 16.0 Å². The summed E-state index contributed by atoms with van der Waals surface area (Å²) in [6.07, 6.45) is 0. The van der Waals surface area contributed by atoms with Crippen LogP contribution >= 0.6 is 0 Å². The van der Waals surface area contributed by atoms with Crippen LogP contribution in [0.2, 0.25) is 0 Å². The molecule has 1 amide bonds. The highest BCUT2D eigenvalue weighted by atomic mass is 16.3. The number of anilines is 2. The maximum absolute atomic E-state index is 11.4. The van der Waals surface area contributed by atoms with E-state index in [4.69, 9.17) is 10.8 Å². The molecule has 1 unspecified atom stereocenters. The lowest BCUT2D eigenvalue weighted by molar-refractivity contribution is -0.117. The lowest BCUT2D eigenvalue weighted by Crippen LogP contribution is -2.32. The normalized spacial score (nSPS) is 12.0. The first-order valence-electron chi connectivity index (χ1n) is 6.10. The Balaban J connectivity index is 2.70. The van der Waals surface area contributed by atoms with Crippen molar-refractivity contribution in [3.63, 3.8) is 0 Å². The summed E-state index contributed by atoms with van der Waals surface area (Å²) in [7, 11) is 0. The number of nitrogens with two attached hydrogens (primary N) is 1. The Bertz CT molecular complexity index is 376. The first-order valence-corrected chi connectivity index (χ1v) is 6.10. The van der Waals surface area contributed by atoms with E-state index in [0.717, 1.165) is 17.9 Å². The third-order valence-electron chi connectivity index (χ3n) is 2.67. The van der Waals surface area contributed by atoms with Crippen LogP contribution in [0, 0.1) is 0 Å². The second-order valence-corrected chi connectivity index (χ2v) is 4.13. The Labute approximate surface area is 108 Å². The molecular formula is C13H21N3O2. The van der Waals surface area contributed by atoms with Crippen molar-refractivity contribution >= 4 is 17.3 Å². The van der Waals surface area contributed by atoms with Gasteiger partial charge in [0.25, 0.3) is 0 Å². The van der Waals surface area contributed by atoms with Crippen molar-refractivity contribution in [1.82, 2.24) is 0 Å². The standard InChI is InChI=1S/C13H21N3O2/c1-3-16(8-9-17)12-6-4-11(5-7-12)15-13(18)10(2)14/h4-7,10,17H,3,8-9,14H2,1-2H3,(H,15,18). The minimum Gasteiger partial charge on any atom is -0.395 e. The highest BCUT2D eigenvalue weighted by Crippen LogP contribution is 2.17. The average Bonchev–Trinajstić information content (AvgIpc) is 2.37. The van der Waals surface area contributed by atoms with Crippen LogP contribution in [0.1, 0.15) is 13.8 Å². The van der Waals surface area contributed by atoms with Crippen LogP contribution in [0.5, 0.6) is 0 Å². The maximum atomic E-state index is 11.4. The fraction of sp³-hybridized carbons (Fsp3) is 0.462. The summed E-state index contributed by atoms with van der Waals surface area (Å²) in [5.74, 6) is -0.203. The van der Waals surface area contributed by atoms with Gasteiger partial charge >= 0.3 is 0 Å². The summed E-state index contributed by atoms with van der Waals surface area (Å²) in [6.45, 7) is 5.22. The van der Waals surface area contributed by atoms with Gasteiger partial charge in [-0.1, -0.05) is 0 Å². The molecule has 0 fully saturated rings. The number of aliphatic hydroxyl groups excluding tert-OH is 1. The summed E-state index contributed by atoms with van der Waals surface area (Å²) in [6, 6.07) is 6.96. The number of nitrogens with zero attached hydrogens (tertiary/aromatic N) is 1. The number of carbonyl (C=O) groups is 1. The molecule has 0 spiro atoms. The zero-order chi connectivity index (χ0) is 13.5. The lowest BCUT2D eigenvalue weighted by Gasteiger charge is -2.22.